The highest BCUT2D eigenvalue weighted by Gasteiger charge is 2.92. The van der Waals surface area contributed by atoms with Crippen molar-refractivity contribution in [3.63, 3.8) is 0 Å². The van der Waals surface area contributed by atoms with E-state index in [9.17, 15) is 66.3 Å². The van der Waals surface area contributed by atoms with Gasteiger partial charge in [0.25, 0.3) is 6.17 Å². The van der Waals surface area contributed by atoms with E-state index in [1.807, 2.05) is 0 Å². The van der Waals surface area contributed by atoms with Crippen LogP contribution in [0.1, 0.15) is 112 Å². The summed E-state index contributed by atoms with van der Waals surface area (Å²) in [7, 11) is 0. The highest BCUT2D eigenvalue weighted by Crippen LogP contribution is 2.69. The van der Waals surface area contributed by atoms with Crippen LogP contribution >= 0.6 is 0 Å². The van der Waals surface area contributed by atoms with E-state index in [0.29, 0.717) is 42.4 Å². The van der Waals surface area contributed by atoms with Crippen molar-refractivity contribution in [2.45, 2.75) is 160 Å². The van der Waals surface area contributed by atoms with Gasteiger partial charge in [-0.05, 0) is 110 Å². The van der Waals surface area contributed by atoms with Crippen LogP contribution in [0.4, 0.5) is 61.5 Å². The molecule has 10 atom stereocenters. The normalized spacial score (nSPS) is 35.1. The Hall–Kier alpha value is -1.51. The van der Waals surface area contributed by atoms with E-state index >= 15 is 0 Å². The predicted octanol–water partition coefficient (Wildman–Crippen LogP) is 12.1. The molecule has 10 unspecified atom stereocenters. The van der Waals surface area contributed by atoms with Gasteiger partial charge in [-0.15, -0.1) is 0 Å². The van der Waals surface area contributed by atoms with Crippen molar-refractivity contribution >= 4 is 5.97 Å². The Morgan fingerprint density at radius 3 is 1.80 bits per heavy atom. The summed E-state index contributed by atoms with van der Waals surface area (Å²) in [5, 5.41) is 0. The van der Waals surface area contributed by atoms with Crippen molar-refractivity contribution in [1.82, 2.24) is 0 Å². The maximum absolute atomic E-state index is 14.6. The van der Waals surface area contributed by atoms with E-state index in [0.717, 1.165) is 32.1 Å². The minimum Gasteiger partial charge on any atom is -0.460 e. The topological polar surface area (TPSA) is 26.3 Å². The first-order valence-corrected chi connectivity index (χ1v) is 17.8. The molecule has 0 aromatic heterocycles. The molecular formula is C35H48F14O2. The summed E-state index contributed by atoms with van der Waals surface area (Å²) in [6.45, 7) is 11.3. The second-order valence-corrected chi connectivity index (χ2v) is 16.8. The van der Waals surface area contributed by atoms with Gasteiger partial charge in [0.05, 0.1) is 0 Å². The third-order valence-corrected chi connectivity index (χ3v) is 13.6. The van der Waals surface area contributed by atoms with Crippen LogP contribution in [0.25, 0.3) is 0 Å². The quantitative estimate of drug-likeness (QED) is 0.146. The lowest BCUT2D eigenvalue weighted by Gasteiger charge is -2.61. The number of ether oxygens (including phenoxy) is 1. The van der Waals surface area contributed by atoms with Crippen LogP contribution in [0, 0.1) is 52.3 Å². The van der Waals surface area contributed by atoms with Gasteiger partial charge < -0.3 is 4.74 Å². The van der Waals surface area contributed by atoms with Gasteiger partial charge in [-0.25, -0.2) is 9.18 Å². The second-order valence-electron chi connectivity index (χ2n) is 16.8. The lowest BCUT2D eigenvalue weighted by atomic mass is 9.44. The molecule has 0 aromatic rings. The number of carbonyl (C=O) groups is 1. The van der Waals surface area contributed by atoms with Crippen LogP contribution in [0.5, 0.6) is 0 Å². The molecule has 16 heteroatoms. The molecule has 4 fully saturated rings. The number of hydrogen-bond donors (Lipinski definition) is 0. The molecule has 4 rings (SSSR count). The summed E-state index contributed by atoms with van der Waals surface area (Å²) < 4.78 is 195. The molecule has 2 nitrogen and oxygen atoms in total. The molecule has 0 radical (unpaired) electrons. The van der Waals surface area contributed by atoms with E-state index in [2.05, 4.69) is 39.4 Å². The number of carbonyl (C=O) groups excluding carboxylic acids is 1. The minimum atomic E-state index is -8.18. The first-order chi connectivity index (χ1) is 23.0. The Bertz CT molecular complexity index is 1250. The monoisotopic (exact) mass is 766 g/mol. The smallest absolute Gasteiger partial charge is 0.460 e. The van der Waals surface area contributed by atoms with Gasteiger partial charge in [0.15, 0.2) is 0 Å². The van der Waals surface area contributed by atoms with Crippen LogP contribution in [0.3, 0.4) is 0 Å². The average Bonchev–Trinajstić information content (AvgIpc) is 3.36. The molecule has 0 N–H and O–H groups in total. The molecule has 0 saturated heterocycles. The van der Waals surface area contributed by atoms with Crippen LogP contribution in [0.15, 0.2) is 0 Å². The van der Waals surface area contributed by atoms with Gasteiger partial charge in [-0.3, -0.25) is 0 Å². The molecule has 0 spiro atoms. The minimum absolute atomic E-state index is 0.0103. The zero-order valence-corrected chi connectivity index (χ0v) is 29.3. The standard InChI is InChI=1S/C35H48F14O2/c1-18(2)7-6-8-19(3)23-11-12-24-22-10-9-20-17-21(13-15-28(20,4)25(22)14-16-29(23,24)5)51-27(50)26(36)30(37,38)31(39,40)32(41,42)33(43,44)34(45,46)35(47,48)49/h18-26H,6-17H2,1-5H3. The summed E-state index contributed by atoms with van der Waals surface area (Å²) in [6.07, 6.45) is -4.52. The molecular weight excluding hydrogens is 718 g/mol. The molecule has 298 valence electrons. The van der Waals surface area contributed by atoms with Gasteiger partial charge in [0.1, 0.15) is 6.10 Å². The average molecular weight is 767 g/mol. The summed E-state index contributed by atoms with van der Waals surface area (Å²) in [5.41, 5.74) is -0.112. The fraction of sp³-hybridized carbons (Fsp3) is 0.971. The van der Waals surface area contributed by atoms with Crippen LogP contribution in [-0.2, 0) is 9.53 Å². The molecule has 51 heavy (non-hydrogen) atoms. The molecule has 0 heterocycles. The maximum Gasteiger partial charge on any atom is 0.460 e. The molecule has 0 aromatic carbocycles. The van der Waals surface area contributed by atoms with Crippen molar-refractivity contribution in [3.05, 3.63) is 0 Å². The number of hydrogen-bond acceptors (Lipinski definition) is 2. The molecule has 0 aliphatic heterocycles. The van der Waals surface area contributed by atoms with Gasteiger partial charge in [-0.1, -0.05) is 53.9 Å². The summed E-state index contributed by atoms with van der Waals surface area (Å²) >= 11 is 0. The van der Waals surface area contributed by atoms with E-state index in [1.54, 1.807) is 0 Å². The first-order valence-electron chi connectivity index (χ1n) is 17.8. The SMILES string of the molecule is CC(C)CCCC(C)C1CCC2C3CCC4CC(OC(=O)C(F)C(F)(F)C(F)(F)C(F)(F)C(F)(F)C(F)(F)C(F)(F)F)CCC4(C)C3CCC12C. The van der Waals surface area contributed by atoms with E-state index in [-0.39, 0.29) is 35.5 Å². The maximum atomic E-state index is 14.6. The van der Waals surface area contributed by atoms with Gasteiger partial charge in [0.2, 0.25) is 0 Å². The van der Waals surface area contributed by atoms with E-state index < -0.39 is 54.0 Å². The Labute approximate surface area is 289 Å². The predicted molar refractivity (Wildman–Crippen MR) is 159 cm³/mol. The fourth-order valence-corrected chi connectivity index (χ4v) is 10.7. The lowest BCUT2D eigenvalue weighted by molar-refractivity contribution is -0.442. The van der Waals surface area contributed by atoms with E-state index in [1.165, 1.54) is 19.3 Å². The third kappa shape index (κ3) is 6.66. The van der Waals surface area contributed by atoms with Crippen LogP contribution < -0.4 is 0 Å². The first kappa shape index (κ1) is 42.2. The Morgan fingerprint density at radius 1 is 0.686 bits per heavy atom. The molecule has 0 amide bonds. The third-order valence-electron chi connectivity index (χ3n) is 13.6. The molecule has 4 aliphatic rings. The number of halogens is 14. The summed E-state index contributed by atoms with van der Waals surface area (Å²) in [5.74, 6) is -39.4. The zero-order chi connectivity index (χ0) is 39.0. The highest BCUT2D eigenvalue weighted by molar-refractivity contribution is 5.76. The van der Waals surface area contributed by atoms with Gasteiger partial charge in [-0.2, -0.15) is 57.1 Å². The lowest BCUT2D eigenvalue weighted by Crippen LogP contribution is -2.71. The number of fused-ring (bicyclic) bond motifs is 5. The largest absolute Gasteiger partial charge is 0.460 e. The number of esters is 1. The fourth-order valence-electron chi connectivity index (χ4n) is 10.7. The Morgan fingerprint density at radius 2 is 1.24 bits per heavy atom. The van der Waals surface area contributed by atoms with Crippen molar-refractivity contribution in [3.8, 4) is 0 Å². The van der Waals surface area contributed by atoms with Crippen molar-refractivity contribution in [1.29, 1.82) is 0 Å². The summed E-state index contributed by atoms with van der Waals surface area (Å²) in [6, 6.07) is 0. The Balaban J connectivity index is 1.42. The summed E-state index contributed by atoms with van der Waals surface area (Å²) in [4.78, 5) is 12.3. The van der Waals surface area contributed by atoms with Crippen molar-refractivity contribution in [2.24, 2.45) is 52.3 Å². The number of alkyl halides is 14. The van der Waals surface area contributed by atoms with Gasteiger partial charge >= 0.3 is 41.8 Å². The van der Waals surface area contributed by atoms with Crippen molar-refractivity contribution < 1.29 is 71.0 Å². The van der Waals surface area contributed by atoms with Crippen molar-refractivity contribution in [2.75, 3.05) is 0 Å². The van der Waals surface area contributed by atoms with E-state index in [4.69, 9.17) is 0 Å². The zero-order valence-electron chi connectivity index (χ0n) is 29.3. The molecule has 0 bridgehead atoms. The van der Waals surface area contributed by atoms with Crippen LogP contribution in [0.2, 0.25) is 0 Å². The van der Waals surface area contributed by atoms with Crippen LogP contribution in [-0.4, -0.2) is 54.0 Å². The molecule has 4 saturated carbocycles. The Kier molecular flexibility index (Phi) is 11.3. The second kappa shape index (κ2) is 13.7. The van der Waals surface area contributed by atoms with Gasteiger partial charge in [0, 0.05) is 0 Å². The molecule has 4 aliphatic carbocycles. The highest BCUT2D eigenvalue weighted by atomic mass is 19.4. The number of rotatable bonds is 12.